The van der Waals surface area contributed by atoms with Crippen molar-refractivity contribution in [1.29, 1.82) is 0 Å². The van der Waals surface area contributed by atoms with Crippen LogP contribution in [0.3, 0.4) is 0 Å². The monoisotopic (exact) mass is 370 g/mol. The zero-order valence-electron chi connectivity index (χ0n) is 13.7. The van der Waals surface area contributed by atoms with E-state index < -0.39 is 0 Å². The summed E-state index contributed by atoms with van der Waals surface area (Å²) in [7, 11) is 0. The number of hydrogen-bond donors (Lipinski definition) is 1. The average molecular weight is 371 g/mol. The molecule has 0 radical (unpaired) electrons. The van der Waals surface area contributed by atoms with Gasteiger partial charge in [-0.2, -0.15) is 0 Å². The molecule has 0 saturated carbocycles. The van der Waals surface area contributed by atoms with Gasteiger partial charge >= 0.3 is 0 Å². The van der Waals surface area contributed by atoms with Gasteiger partial charge in [-0.05, 0) is 23.3 Å². The largest absolute Gasteiger partial charge is 0.390 e. The van der Waals surface area contributed by atoms with Gasteiger partial charge < -0.3 is 9.67 Å². The van der Waals surface area contributed by atoms with Crippen molar-refractivity contribution in [2.24, 2.45) is 0 Å². The molecule has 0 aliphatic carbocycles. The van der Waals surface area contributed by atoms with E-state index in [2.05, 4.69) is 33.8 Å². The van der Waals surface area contributed by atoms with Gasteiger partial charge in [0.2, 0.25) is 0 Å². The molecule has 0 spiro atoms. The Morgan fingerprint density at radius 2 is 1.84 bits per heavy atom. The predicted octanol–water partition coefficient (Wildman–Crippen LogP) is 4.88. The van der Waals surface area contributed by atoms with Gasteiger partial charge in [0.25, 0.3) is 0 Å². The standard InChI is InChI=1S/C20H19ClN2OS/c21-18-10-8-17(9-11-18)13-23-14-19(15-24)22-20(23)25-12-4-7-16-5-2-1-3-6-16/h1-11,14,24H,12-13,15H2/b7-4+. The quantitative estimate of drug-likeness (QED) is 0.602. The molecule has 128 valence electrons. The third kappa shape index (κ3) is 5.23. The third-order valence-corrected chi connectivity index (χ3v) is 4.83. The van der Waals surface area contributed by atoms with E-state index >= 15 is 0 Å². The highest BCUT2D eigenvalue weighted by Crippen LogP contribution is 2.20. The van der Waals surface area contributed by atoms with E-state index in [4.69, 9.17) is 11.6 Å². The summed E-state index contributed by atoms with van der Waals surface area (Å²) in [6, 6.07) is 18.0. The molecule has 3 rings (SSSR count). The third-order valence-electron chi connectivity index (χ3n) is 3.64. The molecular formula is C20H19ClN2OS. The Morgan fingerprint density at radius 1 is 1.08 bits per heavy atom. The zero-order chi connectivity index (χ0) is 17.5. The summed E-state index contributed by atoms with van der Waals surface area (Å²) >= 11 is 7.60. The molecule has 0 fully saturated rings. The lowest BCUT2D eigenvalue weighted by Crippen LogP contribution is -2.00. The second kappa shape index (κ2) is 8.90. The second-order valence-electron chi connectivity index (χ2n) is 5.55. The molecular weight excluding hydrogens is 352 g/mol. The molecule has 1 heterocycles. The van der Waals surface area contributed by atoms with Crippen LogP contribution in [0.4, 0.5) is 0 Å². The number of rotatable bonds is 7. The van der Waals surface area contributed by atoms with Crippen LogP contribution in [0.15, 0.2) is 72.0 Å². The molecule has 5 heteroatoms. The SMILES string of the molecule is OCc1cn(Cc2ccc(Cl)cc2)c(SC/C=C/c2ccccc2)n1. The highest BCUT2D eigenvalue weighted by molar-refractivity contribution is 7.99. The van der Waals surface area contributed by atoms with Gasteiger partial charge in [0.15, 0.2) is 5.16 Å². The lowest BCUT2D eigenvalue weighted by Gasteiger charge is -2.07. The minimum Gasteiger partial charge on any atom is -0.390 e. The van der Waals surface area contributed by atoms with Crippen molar-refractivity contribution < 1.29 is 5.11 Å². The number of aliphatic hydroxyl groups excluding tert-OH is 1. The maximum absolute atomic E-state index is 9.38. The van der Waals surface area contributed by atoms with Crippen molar-refractivity contribution >= 4 is 29.4 Å². The van der Waals surface area contributed by atoms with Crippen LogP contribution >= 0.6 is 23.4 Å². The molecule has 0 atom stereocenters. The second-order valence-corrected chi connectivity index (χ2v) is 6.97. The normalized spacial score (nSPS) is 11.3. The van der Waals surface area contributed by atoms with Crippen LogP contribution in [-0.4, -0.2) is 20.4 Å². The molecule has 0 aliphatic heterocycles. The maximum Gasteiger partial charge on any atom is 0.168 e. The number of halogens is 1. The van der Waals surface area contributed by atoms with E-state index in [1.54, 1.807) is 11.8 Å². The van der Waals surface area contributed by atoms with Crippen molar-refractivity contribution in [3.8, 4) is 0 Å². The van der Waals surface area contributed by atoms with Crippen molar-refractivity contribution in [2.45, 2.75) is 18.3 Å². The molecule has 0 saturated heterocycles. The summed E-state index contributed by atoms with van der Waals surface area (Å²) in [5.41, 5.74) is 3.01. The van der Waals surface area contributed by atoms with Crippen LogP contribution in [-0.2, 0) is 13.2 Å². The highest BCUT2D eigenvalue weighted by Gasteiger charge is 2.08. The van der Waals surface area contributed by atoms with Crippen LogP contribution in [0, 0.1) is 0 Å². The van der Waals surface area contributed by atoms with Crippen LogP contribution in [0.25, 0.3) is 6.08 Å². The molecule has 0 bridgehead atoms. The molecule has 1 aromatic heterocycles. The van der Waals surface area contributed by atoms with Crippen LogP contribution in [0.1, 0.15) is 16.8 Å². The lowest BCUT2D eigenvalue weighted by atomic mass is 10.2. The lowest BCUT2D eigenvalue weighted by molar-refractivity contribution is 0.277. The summed E-state index contributed by atoms with van der Waals surface area (Å²) in [6.45, 7) is 0.649. The van der Waals surface area contributed by atoms with Crippen molar-refractivity contribution in [3.05, 3.63) is 88.7 Å². The van der Waals surface area contributed by atoms with E-state index in [1.165, 1.54) is 5.56 Å². The predicted molar refractivity (Wildman–Crippen MR) is 105 cm³/mol. The van der Waals surface area contributed by atoms with E-state index in [-0.39, 0.29) is 6.61 Å². The van der Waals surface area contributed by atoms with E-state index in [0.29, 0.717) is 12.2 Å². The Bertz CT molecular complexity index is 829. The zero-order valence-corrected chi connectivity index (χ0v) is 15.2. The van der Waals surface area contributed by atoms with Crippen molar-refractivity contribution in [3.63, 3.8) is 0 Å². The fraction of sp³-hybridized carbons (Fsp3) is 0.150. The summed E-state index contributed by atoms with van der Waals surface area (Å²) in [5.74, 6) is 0.817. The van der Waals surface area contributed by atoms with Gasteiger partial charge in [-0.1, -0.05) is 78.0 Å². The first-order valence-electron chi connectivity index (χ1n) is 8.00. The number of hydrogen-bond acceptors (Lipinski definition) is 3. The van der Waals surface area contributed by atoms with Gasteiger partial charge in [0.05, 0.1) is 12.3 Å². The molecule has 0 aliphatic rings. The molecule has 3 nitrogen and oxygen atoms in total. The van der Waals surface area contributed by atoms with Gasteiger partial charge in [-0.3, -0.25) is 0 Å². The average Bonchev–Trinajstić information content (AvgIpc) is 3.03. The molecule has 2 aromatic carbocycles. The number of imidazole rings is 1. The van der Waals surface area contributed by atoms with Gasteiger partial charge in [-0.25, -0.2) is 4.98 Å². The fourth-order valence-corrected chi connectivity index (χ4v) is 3.35. The Balaban J connectivity index is 1.67. The molecule has 0 amide bonds. The molecule has 25 heavy (non-hydrogen) atoms. The van der Waals surface area contributed by atoms with Gasteiger partial charge in [-0.15, -0.1) is 0 Å². The van der Waals surface area contributed by atoms with Gasteiger partial charge in [0.1, 0.15) is 0 Å². The highest BCUT2D eigenvalue weighted by atomic mass is 35.5. The first-order valence-corrected chi connectivity index (χ1v) is 9.36. The van der Waals surface area contributed by atoms with Crippen LogP contribution < -0.4 is 0 Å². The topological polar surface area (TPSA) is 38.0 Å². The number of aromatic nitrogens is 2. The van der Waals surface area contributed by atoms with Crippen LogP contribution in [0.5, 0.6) is 0 Å². The summed E-state index contributed by atoms with van der Waals surface area (Å²) in [4.78, 5) is 4.50. The Kier molecular flexibility index (Phi) is 6.34. The summed E-state index contributed by atoms with van der Waals surface area (Å²) in [5, 5.41) is 11.0. The first-order chi connectivity index (χ1) is 12.2. The minimum absolute atomic E-state index is 0.0545. The molecule has 0 unspecified atom stereocenters. The smallest absolute Gasteiger partial charge is 0.168 e. The fourth-order valence-electron chi connectivity index (χ4n) is 2.41. The summed E-state index contributed by atoms with van der Waals surface area (Å²) in [6.07, 6.45) is 6.13. The molecule has 1 N–H and O–H groups in total. The summed E-state index contributed by atoms with van der Waals surface area (Å²) < 4.78 is 2.07. The van der Waals surface area contributed by atoms with Crippen molar-refractivity contribution in [1.82, 2.24) is 9.55 Å². The van der Waals surface area contributed by atoms with E-state index in [9.17, 15) is 5.11 Å². The van der Waals surface area contributed by atoms with E-state index in [0.717, 1.165) is 21.5 Å². The first kappa shape index (κ1) is 17.8. The Hall–Kier alpha value is -2.01. The van der Waals surface area contributed by atoms with Gasteiger partial charge in [0, 0.05) is 23.5 Å². The Labute approximate surface area is 157 Å². The maximum atomic E-state index is 9.38. The number of thioether (sulfide) groups is 1. The van der Waals surface area contributed by atoms with Crippen LogP contribution in [0.2, 0.25) is 5.02 Å². The van der Waals surface area contributed by atoms with Crippen molar-refractivity contribution in [2.75, 3.05) is 5.75 Å². The Morgan fingerprint density at radius 3 is 2.56 bits per heavy atom. The van der Waals surface area contributed by atoms with E-state index in [1.807, 2.05) is 48.7 Å². The number of aliphatic hydroxyl groups is 1. The molecule has 3 aromatic rings. The minimum atomic E-state index is -0.0545. The number of benzene rings is 2. The number of nitrogens with zero attached hydrogens (tertiary/aromatic N) is 2.